The molecule has 20 nitrogen and oxygen atoms in total. The number of nitrogens with one attached hydrogen (secondary N) is 8. The molecule has 6 fully saturated rings. The Morgan fingerprint density at radius 2 is 0.977 bits per heavy atom. The summed E-state index contributed by atoms with van der Waals surface area (Å²) in [6.07, 6.45) is 23.9. The summed E-state index contributed by atoms with van der Waals surface area (Å²) in [4.78, 5) is 17.9. The van der Waals surface area contributed by atoms with Gasteiger partial charge in [0.15, 0.2) is 0 Å². The van der Waals surface area contributed by atoms with Crippen molar-refractivity contribution < 1.29 is 40.6 Å². The smallest absolute Gasteiger partial charge is 0.217 e. The number of alkyl halides is 2. The molecule has 1 amide bonds. The van der Waals surface area contributed by atoms with Crippen LogP contribution in [0.5, 0.6) is 0 Å². The number of carbonyl (C=O) groups is 1. The fourth-order valence-electron chi connectivity index (χ4n) is 9.64. The number of sulfone groups is 1. The minimum Gasteiger partial charge on any atom is -0.383 e. The molecule has 0 aromatic heterocycles. The van der Waals surface area contributed by atoms with Crippen molar-refractivity contribution in [2.75, 3.05) is 210 Å². The number of piperazine rings is 1. The van der Waals surface area contributed by atoms with E-state index in [2.05, 4.69) is 138 Å². The highest BCUT2D eigenvalue weighted by Gasteiger charge is 2.26. The van der Waals surface area contributed by atoms with Crippen molar-refractivity contribution in [3.63, 3.8) is 0 Å². The third kappa shape index (κ3) is 63.1. The van der Waals surface area contributed by atoms with Crippen LogP contribution in [0.15, 0.2) is 0 Å². The van der Waals surface area contributed by atoms with Gasteiger partial charge in [0, 0.05) is 129 Å². The molecule has 0 aromatic rings. The van der Waals surface area contributed by atoms with Crippen LogP contribution in [0.25, 0.3) is 0 Å². The van der Waals surface area contributed by atoms with Gasteiger partial charge in [-0.05, 0) is 196 Å². The lowest BCUT2D eigenvalue weighted by atomic mass is 9.91. The Bertz CT molecular complexity index is 1580. The molecule has 0 radical (unpaired) electrons. The van der Waals surface area contributed by atoms with Gasteiger partial charge in [0.25, 0.3) is 0 Å². The molecule has 6 aliphatic rings. The standard InChI is InChI=1S/C9H18N2O.C8H18N2O.C8H18N2.C7H16N2O2S.C7H17NO.C6H13NO2S.C6H13NS.C5H12O2.C2H6S.CH3Br.CH3Cl/c1-7(12)11-9-5-3-8(10-2)4-6-9;1-9-3-5-10(6-4-9)7-8-11-2;1-9-7-3-5-8(10-2)6-4-7;1-8-6-3-4-7(5-6)9-12(2,10)11;1-4-8(5-2)6-7-9-3;1-7-6-2-4-10(8,9)5-3-6;1-7-6-2-4-8-5-3-6;1-3-7-5-4-6-2;1-3-2;2*1-2/h8-10H,3-6H2,1-2H3,(H,11,12);3-8H2,1-2H3;7-10H,3-6H2,1-2H3;6-9H,3-5H2,1-2H3;4-7H2,1-3H3;6-7H,2-5H2,1H3;6-7H,2-5H2,1H3;3-5H2,1-2H3;1-2H3;2*1H3. The van der Waals surface area contributed by atoms with E-state index in [1.165, 1.54) is 102 Å². The lowest BCUT2D eigenvalue weighted by Crippen LogP contribution is -2.45. The number of rotatable bonds is 21. The summed E-state index contributed by atoms with van der Waals surface area (Å²) < 4.78 is 65.7. The van der Waals surface area contributed by atoms with Crippen LogP contribution in [-0.2, 0) is 43.6 Å². The SMILES string of the molecule is CBr.CCN(CC)CCOC.CCOCCOC.CCl.CNC1CCC(NC(C)=O)CC1.CNC1CCC(NC)CC1.CNC1CCC(NS(C)(=O)=O)C1.CNC1CCS(=O)(=O)CC1.CNC1CCSCC1.COCCN1CCN(C)CC1.CSC. The molecule has 2 atom stereocenters. The monoisotopic (exact) mass is 1400 g/mol. The van der Waals surface area contributed by atoms with Crippen molar-refractivity contribution in [2.24, 2.45) is 0 Å². The van der Waals surface area contributed by atoms with Gasteiger partial charge in [0.1, 0.15) is 9.84 Å². The maximum atomic E-state index is 10.9. The van der Waals surface area contributed by atoms with Crippen molar-refractivity contribution in [3.8, 4) is 0 Å². The number of methoxy groups -OCH3 is 3. The van der Waals surface area contributed by atoms with E-state index in [-0.39, 0.29) is 11.9 Å². The zero-order valence-corrected chi connectivity index (χ0v) is 63.8. The molecule has 0 aromatic carbocycles. The van der Waals surface area contributed by atoms with Crippen molar-refractivity contribution in [1.82, 2.24) is 56.6 Å². The second-order valence-corrected chi connectivity index (χ2v) is 27.8. The van der Waals surface area contributed by atoms with Crippen LogP contribution in [-0.4, -0.2) is 296 Å². The van der Waals surface area contributed by atoms with Gasteiger partial charge in [-0.2, -0.15) is 23.5 Å². The number of thioether (sulfide) groups is 2. The molecule has 0 spiro atoms. The quantitative estimate of drug-likeness (QED) is 0.0465. The fraction of sp³-hybridized carbons (Fsp3) is 0.983. The van der Waals surface area contributed by atoms with Crippen LogP contribution in [0.1, 0.15) is 124 Å². The van der Waals surface area contributed by atoms with E-state index in [1.54, 1.807) is 40.0 Å². The number of hydrogen-bond acceptors (Lipinski definition) is 20. The van der Waals surface area contributed by atoms with Gasteiger partial charge in [-0.1, -0.05) is 29.8 Å². The highest BCUT2D eigenvalue weighted by atomic mass is 79.9. The average Bonchev–Trinajstić information content (AvgIpc) is 4.17. The molecule has 3 aliphatic carbocycles. The Morgan fingerprint density at radius 1 is 0.605 bits per heavy atom. The molecule has 8 N–H and O–H groups in total. The van der Waals surface area contributed by atoms with E-state index in [0.717, 1.165) is 109 Å². The van der Waals surface area contributed by atoms with Crippen molar-refractivity contribution in [3.05, 3.63) is 0 Å². The van der Waals surface area contributed by atoms with E-state index in [4.69, 9.17) is 18.9 Å². The van der Waals surface area contributed by atoms with E-state index in [9.17, 15) is 21.6 Å². The minimum absolute atomic E-state index is 0.0999. The van der Waals surface area contributed by atoms with Gasteiger partial charge < -0.3 is 66.0 Å². The number of carbonyl (C=O) groups excluding carboxylic acids is 1. The molecule has 26 heteroatoms. The van der Waals surface area contributed by atoms with Gasteiger partial charge in [-0.3, -0.25) is 9.69 Å². The van der Waals surface area contributed by atoms with E-state index in [1.807, 2.05) is 46.4 Å². The summed E-state index contributed by atoms with van der Waals surface area (Å²) >= 11 is 11.4. The molecule has 0 bridgehead atoms. The van der Waals surface area contributed by atoms with Crippen LogP contribution in [0, 0.1) is 0 Å². The third-order valence-corrected chi connectivity index (χ3v) is 18.8. The maximum absolute atomic E-state index is 10.9. The Hall–Kier alpha value is 0.280. The summed E-state index contributed by atoms with van der Waals surface area (Å²) in [5.74, 6) is 5.34. The van der Waals surface area contributed by atoms with Gasteiger partial charge in [0.2, 0.25) is 15.9 Å². The number of hydrogen-bond donors (Lipinski definition) is 8. The second-order valence-electron chi connectivity index (χ2n) is 21.7. The number of likely N-dealkylation sites (N-methyl/N-ethyl adjacent to an activating group) is 2. The molecule has 2 unspecified atom stereocenters. The number of amides is 1. The molecular weight excluding hydrogens is 1260 g/mol. The number of sulfonamides is 1. The van der Waals surface area contributed by atoms with E-state index in [0.29, 0.717) is 48.9 Å². The van der Waals surface area contributed by atoms with Crippen LogP contribution >= 0.6 is 51.1 Å². The summed E-state index contributed by atoms with van der Waals surface area (Å²) in [5, 5.41) is 22.4. The third-order valence-electron chi connectivity index (χ3n) is 15.3. The summed E-state index contributed by atoms with van der Waals surface area (Å²) in [5.41, 5.74) is 0. The molecule has 3 aliphatic heterocycles. The van der Waals surface area contributed by atoms with Crippen molar-refractivity contribution >= 4 is 76.8 Å². The average molecular weight is 1400 g/mol. The normalized spacial score (nSPS) is 22.8. The zero-order valence-electron chi connectivity index (χ0n) is 58.2. The molecule has 6 rings (SSSR count). The molecule has 3 heterocycles. The summed E-state index contributed by atoms with van der Waals surface area (Å²) in [6.45, 7) is 21.0. The van der Waals surface area contributed by atoms with Crippen molar-refractivity contribution in [2.45, 2.75) is 172 Å². The lowest BCUT2D eigenvalue weighted by Gasteiger charge is -2.31. The largest absolute Gasteiger partial charge is 0.383 e. The Labute approximate surface area is 552 Å². The number of nitrogens with zero attached hydrogens (tertiary/aromatic N) is 3. The Balaban J connectivity index is -0.000000287. The van der Waals surface area contributed by atoms with Crippen LogP contribution in [0.3, 0.4) is 0 Å². The predicted octanol–water partition coefficient (Wildman–Crippen LogP) is 6.32. The highest BCUT2D eigenvalue weighted by Crippen LogP contribution is 2.20. The molecular formula is C60H137BrClN11O9S4. The first kappa shape index (κ1) is 95.0. The van der Waals surface area contributed by atoms with Gasteiger partial charge >= 0.3 is 0 Å². The molecule has 86 heavy (non-hydrogen) atoms. The zero-order chi connectivity index (χ0) is 66.5. The Kier molecular flexibility index (Phi) is 75.3. The predicted molar refractivity (Wildman–Crippen MR) is 382 cm³/mol. The fourth-order valence-corrected chi connectivity index (χ4v) is 13.1. The topological polar surface area (TPSA) is 228 Å². The van der Waals surface area contributed by atoms with Crippen LogP contribution in [0.4, 0.5) is 0 Å². The molecule has 524 valence electrons. The van der Waals surface area contributed by atoms with E-state index < -0.39 is 19.9 Å². The molecule has 3 saturated carbocycles. The summed E-state index contributed by atoms with van der Waals surface area (Å²) in [7, 11) is 13.6. The first-order valence-corrected chi connectivity index (χ1v) is 40.4. The van der Waals surface area contributed by atoms with Gasteiger partial charge in [0.05, 0.1) is 44.2 Å². The van der Waals surface area contributed by atoms with Crippen molar-refractivity contribution in [1.29, 1.82) is 0 Å². The first-order valence-electron chi connectivity index (χ1n) is 31.6. The second kappa shape index (κ2) is 68.1. The first-order chi connectivity index (χ1) is 41.2. The summed E-state index contributed by atoms with van der Waals surface area (Å²) in [6, 6.07) is 4.50. The Morgan fingerprint density at radius 3 is 1.31 bits per heavy atom. The number of ether oxygens (including phenoxy) is 4. The minimum atomic E-state index is -3.02. The highest BCUT2D eigenvalue weighted by molar-refractivity contribution is 9.08. The number of halogens is 2. The van der Waals surface area contributed by atoms with Gasteiger partial charge in [-0.25, -0.2) is 21.6 Å². The maximum Gasteiger partial charge on any atom is 0.217 e. The van der Waals surface area contributed by atoms with Crippen LogP contribution < -0.4 is 41.9 Å². The van der Waals surface area contributed by atoms with Gasteiger partial charge in [-0.15, -0.1) is 11.6 Å². The van der Waals surface area contributed by atoms with Crippen LogP contribution in [0.2, 0.25) is 0 Å². The van der Waals surface area contributed by atoms with E-state index >= 15 is 0 Å². The molecule has 3 saturated heterocycles. The lowest BCUT2D eigenvalue weighted by molar-refractivity contribution is -0.119.